The monoisotopic (exact) mass is 887 g/mol. The molecule has 3 saturated carbocycles. The van der Waals surface area contributed by atoms with Crippen molar-refractivity contribution in [3.63, 3.8) is 0 Å². The van der Waals surface area contributed by atoms with E-state index < -0.39 is 6.04 Å². The first-order chi connectivity index (χ1) is 31.3. The van der Waals surface area contributed by atoms with Gasteiger partial charge in [0, 0.05) is 82.2 Å². The van der Waals surface area contributed by atoms with E-state index in [-0.39, 0.29) is 59.0 Å². The van der Waals surface area contributed by atoms with Crippen LogP contribution in [0.3, 0.4) is 0 Å². The molecule has 4 aromatic heterocycles. The van der Waals surface area contributed by atoms with E-state index in [0.717, 1.165) is 82.6 Å². The molecule has 11 rings (SSSR count). The molecular formula is C46H54FN13O5. The number of amides is 3. The van der Waals surface area contributed by atoms with Gasteiger partial charge in [0.1, 0.15) is 41.5 Å². The van der Waals surface area contributed by atoms with Crippen LogP contribution in [0.2, 0.25) is 0 Å². The molecule has 18 nitrogen and oxygen atoms in total. The average molecular weight is 888 g/mol. The molecule has 340 valence electrons. The molecule has 1 atom stereocenters. The number of nitrogen functional groups attached to an aromatic ring is 1. The van der Waals surface area contributed by atoms with Crippen molar-refractivity contribution >= 4 is 46.1 Å². The molecule has 0 bridgehead atoms. The number of hydrogen-bond acceptors (Lipinski definition) is 15. The molecule has 6 fully saturated rings. The van der Waals surface area contributed by atoms with Crippen molar-refractivity contribution in [2.75, 3.05) is 61.8 Å². The van der Waals surface area contributed by atoms with Crippen LogP contribution in [0.4, 0.5) is 26.4 Å². The van der Waals surface area contributed by atoms with Gasteiger partial charge in [-0.1, -0.05) is 5.16 Å². The van der Waals surface area contributed by atoms with Crippen LogP contribution < -0.4 is 21.3 Å². The second kappa shape index (κ2) is 15.7. The van der Waals surface area contributed by atoms with Gasteiger partial charge >= 0.3 is 6.09 Å². The third-order valence-electron chi connectivity index (χ3n) is 14.3. The lowest BCUT2D eigenvalue weighted by Gasteiger charge is -2.58. The first-order valence-corrected chi connectivity index (χ1v) is 22.9. The Labute approximate surface area is 374 Å². The third-order valence-corrected chi connectivity index (χ3v) is 14.3. The SMILES string of the molecule is CC(C)(C)n1nc(-c2noc(C3CC3)c2-c2ncc(C3CN(C(=O)OC4CC5(CC(CN6CCN(c7ccc(NC8CCC(=O)NC8=O)cc7F)CC6)C5)C4)C3)cn2)c2c(N)ncnc21. The number of nitrogens with zero attached hydrogens (tertiary/aromatic N) is 10. The lowest BCUT2D eigenvalue weighted by Crippen LogP contribution is -2.56. The molecule has 1 spiro atoms. The molecule has 1 aromatic carbocycles. The quantitative estimate of drug-likeness (QED) is 0.149. The molecule has 6 aliphatic rings. The Bertz CT molecular complexity index is 2660. The van der Waals surface area contributed by atoms with Crippen molar-refractivity contribution in [1.29, 1.82) is 0 Å². The summed E-state index contributed by atoms with van der Waals surface area (Å²) in [6.07, 6.45) is 11.6. The number of aromatic nitrogens is 7. The van der Waals surface area contributed by atoms with Gasteiger partial charge < -0.3 is 30.1 Å². The number of ether oxygens (including phenoxy) is 1. The summed E-state index contributed by atoms with van der Waals surface area (Å²) in [5.41, 5.74) is 10.7. The van der Waals surface area contributed by atoms with E-state index in [4.69, 9.17) is 30.1 Å². The summed E-state index contributed by atoms with van der Waals surface area (Å²) in [6.45, 7) is 11.5. The fourth-order valence-electron chi connectivity index (χ4n) is 10.7. The zero-order chi connectivity index (χ0) is 44.8. The number of nitrogens with two attached hydrogens (primary N) is 1. The predicted octanol–water partition coefficient (Wildman–Crippen LogP) is 5.43. The summed E-state index contributed by atoms with van der Waals surface area (Å²) >= 11 is 0. The van der Waals surface area contributed by atoms with Crippen molar-refractivity contribution in [3.8, 4) is 22.8 Å². The van der Waals surface area contributed by atoms with Crippen LogP contribution in [0, 0.1) is 17.2 Å². The molecule has 4 N–H and O–H groups in total. The molecule has 19 heteroatoms. The Kier molecular flexibility index (Phi) is 10.0. The lowest BCUT2D eigenvalue weighted by molar-refractivity contribution is -0.133. The van der Waals surface area contributed by atoms with Gasteiger partial charge in [-0.3, -0.25) is 19.8 Å². The number of piperazine rings is 1. The number of hydrogen-bond donors (Lipinski definition) is 3. The maximum atomic E-state index is 15.2. The van der Waals surface area contributed by atoms with Crippen LogP contribution in [0.15, 0.2) is 41.4 Å². The fourth-order valence-corrected chi connectivity index (χ4v) is 10.7. The highest BCUT2D eigenvalue weighted by Gasteiger charge is 2.55. The summed E-state index contributed by atoms with van der Waals surface area (Å²) < 4.78 is 29.0. The van der Waals surface area contributed by atoms with Gasteiger partial charge in [0.25, 0.3) is 0 Å². The van der Waals surface area contributed by atoms with Crippen LogP contribution >= 0.6 is 0 Å². The minimum atomic E-state index is -0.554. The van der Waals surface area contributed by atoms with Gasteiger partial charge in [-0.25, -0.2) is 33.8 Å². The second-order valence-corrected chi connectivity index (χ2v) is 20.2. The lowest BCUT2D eigenvalue weighted by atomic mass is 9.50. The van der Waals surface area contributed by atoms with E-state index in [9.17, 15) is 14.4 Å². The van der Waals surface area contributed by atoms with Gasteiger partial charge in [-0.15, -0.1) is 0 Å². The molecule has 7 heterocycles. The average Bonchev–Trinajstić information content (AvgIpc) is 3.85. The largest absolute Gasteiger partial charge is 0.446 e. The zero-order valence-corrected chi connectivity index (χ0v) is 36.9. The maximum Gasteiger partial charge on any atom is 0.410 e. The molecular weight excluding hydrogens is 834 g/mol. The number of carbonyl (C=O) groups excluding carboxylic acids is 3. The number of halogens is 1. The maximum absolute atomic E-state index is 15.2. The van der Waals surface area contributed by atoms with Crippen molar-refractivity contribution in [3.05, 3.63) is 54.1 Å². The first kappa shape index (κ1) is 41.5. The predicted molar refractivity (Wildman–Crippen MR) is 237 cm³/mol. The van der Waals surface area contributed by atoms with E-state index in [1.54, 1.807) is 17.0 Å². The van der Waals surface area contributed by atoms with Crippen molar-refractivity contribution < 1.29 is 28.0 Å². The van der Waals surface area contributed by atoms with E-state index in [1.807, 2.05) is 37.8 Å². The number of likely N-dealkylation sites (tertiary alicyclic amines) is 1. The minimum Gasteiger partial charge on any atom is -0.446 e. The number of nitrogens with one attached hydrogen (secondary N) is 2. The Morgan fingerprint density at radius 2 is 1.74 bits per heavy atom. The second-order valence-electron chi connectivity index (χ2n) is 20.2. The Balaban J connectivity index is 0.633. The van der Waals surface area contributed by atoms with E-state index >= 15 is 4.39 Å². The summed E-state index contributed by atoms with van der Waals surface area (Å²) in [5.74, 6) is 1.53. The number of benzene rings is 1. The van der Waals surface area contributed by atoms with E-state index in [1.165, 1.54) is 12.4 Å². The van der Waals surface area contributed by atoms with Crippen molar-refractivity contribution in [1.82, 2.24) is 50.0 Å². The fraction of sp³-hybridized carbons (Fsp3) is 0.543. The summed E-state index contributed by atoms with van der Waals surface area (Å²) in [7, 11) is 0. The number of piperidine rings is 1. The highest BCUT2D eigenvalue weighted by Crippen LogP contribution is 2.60. The third kappa shape index (κ3) is 7.80. The van der Waals surface area contributed by atoms with E-state index in [2.05, 4.69) is 35.6 Å². The number of carbonyl (C=O) groups is 3. The Morgan fingerprint density at radius 1 is 0.985 bits per heavy atom. The smallest absolute Gasteiger partial charge is 0.410 e. The normalized spacial score (nSPS) is 25.0. The number of rotatable bonds is 10. The molecule has 5 aromatic rings. The minimum absolute atomic E-state index is 0.0403. The Hall–Kier alpha value is -6.24. The number of anilines is 3. The van der Waals surface area contributed by atoms with Crippen LogP contribution in [-0.2, 0) is 19.9 Å². The molecule has 0 radical (unpaired) electrons. The van der Waals surface area contributed by atoms with Crippen LogP contribution in [0.5, 0.6) is 0 Å². The number of imide groups is 1. The molecule has 1 unspecified atom stereocenters. The molecule has 3 aliphatic carbocycles. The first-order valence-electron chi connectivity index (χ1n) is 22.9. The number of fused-ring (bicyclic) bond motifs is 1. The standard InChI is InChI=1S/C46H54FN13O5/c1-45(2,3)60-42-36(40(48)51-24-52-42)37(55-60)38-35(39(65-56-38)26-4-5-26)41-49-19-27(20-50-41)28-22-59(23-28)44(63)64-30-17-46(18-30)15-25(16-46)21-57-10-12-58(13-11-57)33-8-6-29(14-31(33)47)53-32-7-9-34(61)54-43(32)62/h6,8,14,19-20,24-26,28,30,32,53H,4-5,7,9-13,15-18,21-23H2,1-3H3,(H2,48,51,52)(H,54,61,62). The van der Waals surface area contributed by atoms with Crippen LogP contribution in [-0.4, -0.2) is 121 Å². The highest BCUT2D eigenvalue weighted by atomic mass is 19.1. The Morgan fingerprint density at radius 3 is 2.43 bits per heavy atom. The molecule has 3 amide bonds. The zero-order valence-electron chi connectivity index (χ0n) is 36.9. The summed E-state index contributed by atoms with van der Waals surface area (Å²) in [5, 5.41) is 15.4. The summed E-state index contributed by atoms with van der Waals surface area (Å²) in [6, 6.07) is 4.44. The molecule has 3 aliphatic heterocycles. The van der Waals surface area contributed by atoms with Crippen molar-refractivity contribution in [2.45, 2.75) is 102 Å². The highest BCUT2D eigenvalue weighted by molar-refractivity contribution is 6.02. The molecule has 3 saturated heterocycles. The van der Waals surface area contributed by atoms with Gasteiger partial charge in [0.2, 0.25) is 11.8 Å². The van der Waals surface area contributed by atoms with Gasteiger partial charge in [0.05, 0.1) is 22.2 Å². The van der Waals surface area contributed by atoms with Gasteiger partial charge in [-0.2, -0.15) is 5.10 Å². The van der Waals surface area contributed by atoms with Crippen LogP contribution in [0.25, 0.3) is 33.8 Å². The van der Waals surface area contributed by atoms with Gasteiger partial charge in [0.15, 0.2) is 17.2 Å². The topological polar surface area (TPSA) is 216 Å². The summed E-state index contributed by atoms with van der Waals surface area (Å²) in [4.78, 5) is 61.5. The van der Waals surface area contributed by atoms with Crippen molar-refractivity contribution in [2.24, 2.45) is 11.3 Å². The molecule has 65 heavy (non-hydrogen) atoms. The van der Waals surface area contributed by atoms with Gasteiger partial charge in [-0.05, 0) is 101 Å². The van der Waals surface area contributed by atoms with Crippen LogP contribution in [0.1, 0.15) is 95.3 Å². The van der Waals surface area contributed by atoms with E-state index in [0.29, 0.717) is 76.4 Å².